The van der Waals surface area contributed by atoms with Gasteiger partial charge in [0.15, 0.2) is 0 Å². The third-order valence-corrected chi connectivity index (χ3v) is 3.50. The average Bonchev–Trinajstić information content (AvgIpc) is 2.25. The van der Waals surface area contributed by atoms with Crippen LogP contribution in [0, 0.1) is 11.8 Å². The molecule has 2 aliphatic rings. The van der Waals surface area contributed by atoms with Crippen LogP contribution in [0.2, 0.25) is 0 Å². The van der Waals surface area contributed by atoms with Gasteiger partial charge in [-0.3, -0.25) is 0 Å². The Labute approximate surface area is 91.1 Å². The first kappa shape index (κ1) is 10.5. The van der Waals surface area contributed by atoms with Crippen molar-refractivity contribution in [3.05, 3.63) is 12.3 Å². The molecule has 2 rings (SSSR count). The largest absolute Gasteiger partial charge is 0.466 e. The summed E-state index contributed by atoms with van der Waals surface area (Å²) in [5.74, 6) is 1.44. The molecule has 2 fully saturated rings. The van der Waals surface area contributed by atoms with Gasteiger partial charge in [-0.25, -0.2) is 4.79 Å². The van der Waals surface area contributed by atoms with E-state index >= 15 is 0 Å². The number of hydrogen-bond acceptors (Lipinski definition) is 3. The maximum Gasteiger partial charge on any atom is 0.331 e. The number of piperidine rings is 1. The molecule has 1 saturated carbocycles. The van der Waals surface area contributed by atoms with Crippen molar-refractivity contribution in [3.8, 4) is 0 Å². The Morgan fingerprint density at radius 3 is 2.60 bits per heavy atom. The molecule has 2 unspecified atom stereocenters. The number of ether oxygens (including phenoxy) is 1. The quantitative estimate of drug-likeness (QED) is 0.513. The molecule has 3 heteroatoms. The average molecular weight is 209 g/mol. The van der Waals surface area contributed by atoms with Gasteiger partial charge in [-0.05, 0) is 31.1 Å². The van der Waals surface area contributed by atoms with E-state index in [2.05, 4.69) is 9.64 Å². The number of carbonyl (C=O) groups excluding carboxylic acids is 1. The number of nitrogens with zero attached hydrogens (tertiary/aromatic N) is 1. The number of methoxy groups -OCH3 is 1. The van der Waals surface area contributed by atoms with E-state index in [1.807, 2.05) is 6.20 Å². The van der Waals surface area contributed by atoms with Crippen molar-refractivity contribution < 1.29 is 9.53 Å². The topological polar surface area (TPSA) is 29.5 Å². The Kier molecular flexibility index (Phi) is 3.29. The number of carbonyl (C=O) groups is 1. The van der Waals surface area contributed by atoms with E-state index in [4.69, 9.17) is 0 Å². The summed E-state index contributed by atoms with van der Waals surface area (Å²) in [4.78, 5) is 13.2. The lowest BCUT2D eigenvalue weighted by molar-refractivity contribution is -0.134. The fraction of sp³-hybridized carbons (Fsp3) is 0.750. The van der Waals surface area contributed by atoms with Crippen LogP contribution in [-0.2, 0) is 9.53 Å². The zero-order chi connectivity index (χ0) is 10.7. The third kappa shape index (κ3) is 2.74. The summed E-state index contributed by atoms with van der Waals surface area (Å²) in [6, 6.07) is 0. The van der Waals surface area contributed by atoms with Crippen LogP contribution in [0.4, 0.5) is 0 Å². The van der Waals surface area contributed by atoms with Crippen LogP contribution in [0.25, 0.3) is 0 Å². The van der Waals surface area contributed by atoms with E-state index in [0.29, 0.717) is 0 Å². The van der Waals surface area contributed by atoms with Gasteiger partial charge in [0.2, 0.25) is 0 Å². The molecule has 2 atom stereocenters. The second-order valence-electron chi connectivity index (χ2n) is 4.69. The third-order valence-electron chi connectivity index (χ3n) is 3.50. The molecule has 0 aromatic carbocycles. The predicted molar refractivity (Wildman–Crippen MR) is 58.2 cm³/mol. The summed E-state index contributed by atoms with van der Waals surface area (Å²) in [7, 11) is 1.41. The maximum absolute atomic E-state index is 11.0. The first-order chi connectivity index (χ1) is 7.28. The fourth-order valence-corrected chi connectivity index (χ4v) is 2.83. The van der Waals surface area contributed by atoms with Crippen LogP contribution < -0.4 is 0 Å². The van der Waals surface area contributed by atoms with Gasteiger partial charge in [-0.2, -0.15) is 0 Å². The van der Waals surface area contributed by atoms with Crippen molar-refractivity contribution in [1.29, 1.82) is 0 Å². The molecule has 0 spiro atoms. The van der Waals surface area contributed by atoms with Crippen LogP contribution in [0.1, 0.15) is 25.7 Å². The van der Waals surface area contributed by atoms with Gasteiger partial charge < -0.3 is 9.64 Å². The van der Waals surface area contributed by atoms with Crippen LogP contribution >= 0.6 is 0 Å². The van der Waals surface area contributed by atoms with Gasteiger partial charge >= 0.3 is 5.97 Å². The highest BCUT2D eigenvalue weighted by molar-refractivity contribution is 5.81. The molecule has 1 aliphatic heterocycles. The monoisotopic (exact) mass is 209 g/mol. The van der Waals surface area contributed by atoms with E-state index < -0.39 is 0 Å². The molecule has 1 saturated heterocycles. The first-order valence-electron chi connectivity index (χ1n) is 5.78. The number of esters is 1. The van der Waals surface area contributed by atoms with Gasteiger partial charge in [-0.15, -0.1) is 0 Å². The molecule has 2 bridgehead atoms. The van der Waals surface area contributed by atoms with Crippen LogP contribution in [0.3, 0.4) is 0 Å². The van der Waals surface area contributed by atoms with Crippen LogP contribution in [0.5, 0.6) is 0 Å². The van der Waals surface area contributed by atoms with Crippen LogP contribution in [0.15, 0.2) is 12.3 Å². The van der Waals surface area contributed by atoms with Crippen molar-refractivity contribution in [3.63, 3.8) is 0 Å². The second kappa shape index (κ2) is 4.69. The maximum atomic E-state index is 11.0. The molecular formula is C12H19NO2. The van der Waals surface area contributed by atoms with E-state index in [1.54, 1.807) is 0 Å². The Balaban J connectivity index is 1.88. The molecule has 1 heterocycles. The smallest absolute Gasteiger partial charge is 0.331 e. The molecule has 15 heavy (non-hydrogen) atoms. The molecule has 3 nitrogen and oxygen atoms in total. The van der Waals surface area contributed by atoms with E-state index in [0.717, 1.165) is 24.9 Å². The Hall–Kier alpha value is -0.990. The van der Waals surface area contributed by atoms with Crippen molar-refractivity contribution in [2.75, 3.05) is 20.2 Å². The highest BCUT2D eigenvalue weighted by atomic mass is 16.5. The second-order valence-corrected chi connectivity index (χ2v) is 4.69. The Morgan fingerprint density at radius 2 is 2.00 bits per heavy atom. The molecule has 1 aliphatic carbocycles. The molecule has 0 amide bonds. The van der Waals surface area contributed by atoms with Gasteiger partial charge in [0.25, 0.3) is 0 Å². The summed E-state index contributed by atoms with van der Waals surface area (Å²) in [5, 5.41) is 0. The summed E-state index contributed by atoms with van der Waals surface area (Å²) < 4.78 is 4.58. The fourth-order valence-electron chi connectivity index (χ4n) is 2.83. The molecule has 0 aromatic rings. The standard InChI is InChI=1S/C12H19NO2/c1-15-12(14)5-6-13-8-10-3-2-4-11(7-10)9-13/h5-6,10-11H,2-4,7-9H2,1H3/b6-5+. The first-order valence-corrected chi connectivity index (χ1v) is 5.78. The zero-order valence-electron chi connectivity index (χ0n) is 9.32. The normalized spacial score (nSPS) is 30.6. The molecule has 0 aromatic heterocycles. The van der Waals surface area contributed by atoms with Crippen molar-refractivity contribution in [1.82, 2.24) is 4.90 Å². The summed E-state index contributed by atoms with van der Waals surface area (Å²) in [6.07, 6.45) is 8.93. The SMILES string of the molecule is COC(=O)/C=C/N1CC2CCCC(C2)C1. The van der Waals surface area contributed by atoms with Gasteiger partial charge in [-0.1, -0.05) is 6.42 Å². The Morgan fingerprint density at radius 1 is 1.33 bits per heavy atom. The lowest BCUT2D eigenvalue weighted by Gasteiger charge is -2.40. The Bertz CT molecular complexity index is 250. The van der Waals surface area contributed by atoms with Gasteiger partial charge in [0, 0.05) is 25.4 Å². The predicted octanol–water partition coefficient (Wildman–Crippen LogP) is 1.80. The number of fused-ring (bicyclic) bond motifs is 2. The minimum atomic E-state index is -0.259. The molecule has 84 valence electrons. The minimum absolute atomic E-state index is 0.259. The summed E-state index contributed by atoms with van der Waals surface area (Å²) in [6.45, 7) is 2.23. The van der Waals surface area contributed by atoms with Crippen LogP contribution in [-0.4, -0.2) is 31.1 Å². The lowest BCUT2D eigenvalue weighted by atomic mass is 9.78. The summed E-state index contributed by atoms with van der Waals surface area (Å²) in [5.41, 5.74) is 0. The minimum Gasteiger partial charge on any atom is -0.466 e. The molecule has 0 N–H and O–H groups in total. The highest BCUT2D eigenvalue weighted by Crippen LogP contribution is 2.34. The number of rotatable bonds is 2. The lowest BCUT2D eigenvalue weighted by Crippen LogP contribution is -2.39. The highest BCUT2D eigenvalue weighted by Gasteiger charge is 2.28. The number of likely N-dealkylation sites (tertiary alicyclic amines) is 1. The van der Waals surface area contributed by atoms with E-state index in [1.165, 1.54) is 38.9 Å². The zero-order valence-corrected chi connectivity index (χ0v) is 9.32. The molecular weight excluding hydrogens is 190 g/mol. The van der Waals surface area contributed by atoms with E-state index in [9.17, 15) is 4.79 Å². The van der Waals surface area contributed by atoms with E-state index in [-0.39, 0.29) is 5.97 Å². The van der Waals surface area contributed by atoms with Gasteiger partial charge in [0.05, 0.1) is 7.11 Å². The molecule has 0 radical (unpaired) electrons. The van der Waals surface area contributed by atoms with Crippen molar-refractivity contribution >= 4 is 5.97 Å². The van der Waals surface area contributed by atoms with Crippen molar-refractivity contribution in [2.45, 2.75) is 25.7 Å². The number of hydrogen-bond donors (Lipinski definition) is 0. The summed E-state index contributed by atoms with van der Waals surface area (Å²) >= 11 is 0. The van der Waals surface area contributed by atoms with Gasteiger partial charge in [0.1, 0.15) is 0 Å². The van der Waals surface area contributed by atoms with Crippen molar-refractivity contribution in [2.24, 2.45) is 11.8 Å².